The number of nitrogens with two attached hydrogens (primary N) is 1. The summed E-state index contributed by atoms with van der Waals surface area (Å²) < 4.78 is 30.4. The lowest BCUT2D eigenvalue weighted by Crippen LogP contribution is -2.50. The highest BCUT2D eigenvalue weighted by Crippen LogP contribution is 2.09. The van der Waals surface area contributed by atoms with Gasteiger partial charge in [-0.2, -0.15) is 0 Å². The van der Waals surface area contributed by atoms with Gasteiger partial charge in [0.1, 0.15) is 0 Å². The smallest absolute Gasteiger partial charge is 0.317 e. The predicted octanol–water partition coefficient (Wildman–Crippen LogP) is 0.0440. The molecule has 0 atom stereocenters. The van der Waals surface area contributed by atoms with E-state index in [0.29, 0.717) is 26.3 Å². The Morgan fingerprint density at radius 2 is 2.00 bits per heavy atom. The fraction of sp³-hybridized carbons (Fsp3) is 0.875. The van der Waals surface area contributed by atoms with E-state index in [0.717, 1.165) is 0 Å². The van der Waals surface area contributed by atoms with Gasteiger partial charge in [-0.3, -0.25) is 0 Å². The number of nitrogens with one attached hydrogen (secondary N) is 1. The van der Waals surface area contributed by atoms with Crippen LogP contribution in [0.2, 0.25) is 0 Å². The van der Waals surface area contributed by atoms with Crippen molar-refractivity contribution in [3.63, 3.8) is 0 Å². The molecule has 1 fully saturated rings. The zero-order chi connectivity index (χ0) is 11.3. The van der Waals surface area contributed by atoms with E-state index in [1.165, 1.54) is 4.90 Å². The van der Waals surface area contributed by atoms with Crippen LogP contribution in [-0.4, -0.2) is 56.2 Å². The molecule has 0 radical (unpaired) electrons. The highest BCUT2D eigenvalue weighted by atomic mass is 35.5. The number of carbonyl (C=O) groups excluding carboxylic acids is 1. The number of hydrogen-bond donors (Lipinski definition) is 2. The molecule has 0 unspecified atom stereocenters. The van der Waals surface area contributed by atoms with Gasteiger partial charge in [0.2, 0.25) is 0 Å². The summed E-state index contributed by atoms with van der Waals surface area (Å²) in [5.74, 6) is -3.04. The van der Waals surface area contributed by atoms with Crippen molar-refractivity contribution in [3.8, 4) is 0 Å². The van der Waals surface area contributed by atoms with Gasteiger partial charge in [-0.05, 0) is 0 Å². The van der Waals surface area contributed by atoms with E-state index in [1.807, 2.05) is 0 Å². The molecule has 0 aromatic rings. The Kier molecular flexibility index (Phi) is 6.54. The van der Waals surface area contributed by atoms with Crippen LogP contribution >= 0.6 is 12.4 Å². The lowest BCUT2D eigenvalue weighted by Gasteiger charge is -2.27. The van der Waals surface area contributed by atoms with Gasteiger partial charge in [0.15, 0.2) is 0 Å². The SMILES string of the molecule is Cl.NCC(F)(F)CNC(=O)N1CCOCC1. The van der Waals surface area contributed by atoms with E-state index < -0.39 is 25.0 Å². The number of rotatable bonds is 3. The maximum atomic E-state index is 12.7. The molecule has 0 spiro atoms. The summed E-state index contributed by atoms with van der Waals surface area (Å²) in [5.41, 5.74) is 4.84. The van der Waals surface area contributed by atoms with E-state index in [4.69, 9.17) is 10.5 Å². The van der Waals surface area contributed by atoms with E-state index in [2.05, 4.69) is 5.32 Å². The molecule has 16 heavy (non-hydrogen) atoms. The third-order valence-electron chi connectivity index (χ3n) is 2.10. The monoisotopic (exact) mass is 259 g/mol. The molecule has 1 aliphatic rings. The lowest BCUT2D eigenvalue weighted by molar-refractivity contribution is 0.0104. The first kappa shape index (κ1) is 15.3. The Hall–Kier alpha value is -0.660. The Labute approximate surface area is 98.7 Å². The first-order valence-corrected chi connectivity index (χ1v) is 4.73. The molecule has 3 N–H and O–H groups in total. The van der Waals surface area contributed by atoms with Crippen LogP contribution in [0.25, 0.3) is 0 Å². The van der Waals surface area contributed by atoms with Gasteiger partial charge >= 0.3 is 6.03 Å². The maximum Gasteiger partial charge on any atom is 0.317 e. The molecule has 8 heteroatoms. The molecule has 0 saturated carbocycles. The van der Waals surface area contributed by atoms with Gasteiger partial charge in [-0.1, -0.05) is 0 Å². The second-order valence-electron chi connectivity index (χ2n) is 3.32. The average molecular weight is 260 g/mol. The Balaban J connectivity index is 0.00000225. The summed E-state index contributed by atoms with van der Waals surface area (Å²) in [5, 5.41) is 2.14. The van der Waals surface area contributed by atoms with Crippen molar-refractivity contribution in [2.45, 2.75) is 5.92 Å². The molecule has 0 aliphatic carbocycles. The van der Waals surface area contributed by atoms with Gasteiger partial charge in [-0.15, -0.1) is 12.4 Å². The second-order valence-corrected chi connectivity index (χ2v) is 3.32. The van der Waals surface area contributed by atoms with Crippen LogP contribution in [0, 0.1) is 0 Å². The largest absolute Gasteiger partial charge is 0.378 e. The molecular formula is C8H16ClF2N3O2. The van der Waals surface area contributed by atoms with Gasteiger partial charge < -0.3 is 20.7 Å². The quantitative estimate of drug-likeness (QED) is 0.752. The highest BCUT2D eigenvalue weighted by Gasteiger charge is 2.28. The Bertz CT molecular complexity index is 225. The maximum absolute atomic E-state index is 12.7. The minimum Gasteiger partial charge on any atom is -0.378 e. The second kappa shape index (κ2) is 6.82. The van der Waals surface area contributed by atoms with E-state index in [1.54, 1.807) is 0 Å². The molecule has 96 valence electrons. The highest BCUT2D eigenvalue weighted by molar-refractivity contribution is 5.85. The van der Waals surface area contributed by atoms with E-state index >= 15 is 0 Å². The number of hydrogen-bond acceptors (Lipinski definition) is 3. The summed E-state index contributed by atoms with van der Waals surface area (Å²) in [6.07, 6.45) is 0. The van der Waals surface area contributed by atoms with Crippen molar-refractivity contribution >= 4 is 18.4 Å². The van der Waals surface area contributed by atoms with Gasteiger partial charge in [0.25, 0.3) is 5.92 Å². The zero-order valence-electron chi connectivity index (χ0n) is 8.75. The molecule has 1 saturated heterocycles. The van der Waals surface area contributed by atoms with Crippen molar-refractivity contribution < 1.29 is 18.3 Å². The third kappa shape index (κ3) is 4.91. The molecule has 5 nitrogen and oxygen atoms in total. The fourth-order valence-corrected chi connectivity index (χ4v) is 1.16. The number of urea groups is 1. The van der Waals surface area contributed by atoms with Crippen LogP contribution in [0.1, 0.15) is 0 Å². The predicted molar refractivity (Wildman–Crippen MR) is 57.0 cm³/mol. The topological polar surface area (TPSA) is 67.6 Å². The Morgan fingerprint density at radius 3 is 2.50 bits per heavy atom. The first-order valence-electron chi connectivity index (χ1n) is 4.73. The van der Waals surface area contributed by atoms with E-state index in [9.17, 15) is 13.6 Å². The molecule has 1 rings (SSSR count). The minimum atomic E-state index is -3.04. The Morgan fingerprint density at radius 1 is 1.44 bits per heavy atom. The number of morpholine rings is 1. The molecule has 1 heterocycles. The minimum absolute atomic E-state index is 0. The molecule has 0 bridgehead atoms. The number of ether oxygens (including phenoxy) is 1. The summed E-state index contributed by atoms with van der Waals surface area (Å²) in [7, 11) is 0. The van der Waals surface area contributed by atoms with Crippen LogP contribution in [0.4, 0.5) is 13.6 Å². The summed E-state index contributed by atoms with van der Waals surface area (Å²) in [4.78, 5) is 12.8. The van der Waals surface area contributed by atoms with Crippen LogP contribution in [-0.2, 0) is 4.74 Å². The van der Waals surface area contributed by atoms with Gasteiger partial charge in [0, 0.05) is 13.1 Å². The fourth-order valence-electron chi connectivity index (χ4n) is 1.16. The number of carbonyl (C=O) groups is 1. The third-order valence-corrected chi connectivity index (χ3v) is 2.10. The van der Waals surface area contributed by atoms with Crippen molar-refractivity contribution in [1.82, 2.24) is 10.2 Å². The summed E-state index contributed by atoms with van der Waals surface area (Å²) >= 11 is 0. The number of halogens is 3. The summed E-state index contributed by atoms with van der Waals surface area (Å²) in [6.45, 7) is 0.261. The van der Waals surface area contributed by atoms with Crippen molar-refractivity contribution in [3.05, 3.63) is 0 Å². The van der Waals surface area contributed by atoms with Crippen LogP contribution < -0.4 is 11.1 Å². The van der Waals surface area contributed by atoms with Crippen molar-refractivity contribution in [2.75, 3.05) is 39.4 Å². The summed E-state index contributed by atoms with van der Waals surface area (Å²) in [6, 6.07) is -0.494. The van der Waals surface area contributed by atoms with Crippen LogP contribution in [0.5, 0.6) is 0 Å². The normalized spacial score (nSPS) is 16.6. The van der Waals surface area contributed by atoms with Crippen molar-refractivity contribution in [1.29, 1.82) is 0 Å². The first-order chi connectivity index (χ1) is 7.05. The molecule has 0 aromatic carbocycles. The molecule has 2 amide bonds. The molecule has 1 aliphatic heterocycles. The van der Waals surface area contributed by atoms with Crippen molar-refractivity contribution in [2.24, 2.45) is 5.73 Å². The van der Waals surface area contributed by atoms with Crippen LogP contribution in [0.3, 0.4) is 0 Å². The number of alkyl halides is 2. The average Bonchev–Trinajstić information content (AvgIpc) is 2.27. The zero-order valence-corrected chi connectivity index (χ0v) is 9.56. The van der Waals surface area contributed by atoms with E-state index in [-0.39, 0.29) is 12.4 Å². The number of amides is 2. The van der Waals surface area contributed by atoms with Gasteiger partial charge in [-0.25, -0.2) is 13.6 Å². The number of nitrogens with zero attached hydrogens (tertiary/aromatic N) is 1. The molecular weight excluding hydrogens is 244 g/mol. The lowest BCUT2D eigenvalue weighted by atomic mass is 10.3. The standard InChI is InChI=1S/C8H15F2N3O2.ClH/c9-8(10,5-11)6-12-7(14)13-1-3-15-4-2-13;/h1-6,11H2,(H,12,14);1H. The van der Waals surface area contributed by atoms with Gasteiger partial charge in [0.05, 0.1) is 26.3 Å². The molecule has 0 aromatic heterocycles. The van der Waals surface area contributed by atoms with Crippen LogP contribution in [0.15, 0.2) is 0 Å².